The highest BCUT2D eigenvalue weighted by Crippen LogP contribution is 2.28. The molecule has 2 nitrogen and oxygen atoms in total. The lowest BCUT2D eigenvalue weighted by molar-refractivity contribution is 0.461. The van der Waals surface area contributed by atoms with E-state index in [1.165, 1.54) is 24.3 Å². The summed E-state index contributed by atoms with van der Waals surface area (Å²) in [5, 5.41) is 0.388. The standard InChI is InChI=1S/C11H6BrClFNO/c12-7-5-10(13)11(15-6-7)16-9-3-1-8(14)2-4-9/h1-6H. The van der Waals surface area contributed by atoms with Gasteiger partial charge in [0, 0.05) is 10.7 Å². The van der Waals surface area contributed by atoms with E-state index < -0.39 is 0 Å². The molecule has 0 spiro atoms. The van der Waals surface area contributed by atoms with E-state index in [-0.39, 0.29) is 11.7 Å². The number of aromatic nitrogens is 1. The fourth-order valence-corrected chi connectivity index (χ4v) is 1.76. The Hall–Kier alpha value is -1.13. The number of hydrogen-bond donors (Lipinski definition) is 0. The zero-order valence-corrected chi connectivity index (χ0v) is 10.3. The molecule has 0 unspecified atom stereocenters. The van der Waals surface area contributed by atoms with Gasteiger partial charge >= 0.3 is 0 Å². The molecular formula is C11H6BrClFNO. The fraction of sp³-hybridized carbons (Fsp3) is 0. The molecule has 0 saturated heterocycles. The molecule has 0 aliphatic heterocycles. The monoisotopic (exact) mass is 301 g/mol. The Morgan fingerprint density at radius 3 is 2.56 bits per heavy atom. The van der Waals surface area contributed by atoms with Crippen molar-refractivity contribution < 1.29 is 9.13 Å². The predicted molar refractivity (Wildman–Crippen MR) is 63.4 cm³/mol. The first-order valence-electron chi connectivity index (χ1n) is 4.39. The Morgan fingerprint density at radius 1 is 1.25 bits per heavy atom. The third-order valence-electron chi connectivity index (χ3n) is 1.80. The topological polar surface area (TPSA) is 22.1 Å². The summed E-state index contributed by atoms with van der Waals surface area (Å²) in [6.07, 6.45) is 1.57. The molecule has 0 N–H and O–H groups in total. The summed E-state index contributed by atoms with van der Waals surface area (Å²) >= 11 is 9.16. The number of rotatable bonds is 2. The van der Waals surface area contributed by atoms with Gasteiger partial charge < -0.3 is 4.74 Å². The molecular weight excluding hydrogens is 296 g/mol. The van der Waals surface area contributed by atoms with Gasteiger partial charge in [-0.2, -0.15) is 0 Å². The number of halogens is 3. The Labute approximate surface area is 105 Å². The summed E-state index contributed by atoms with van der Waals surface area (Å²) in [6, 6.07) is 7.31. The van der Waals surface area contributed by atoms with Gasteiger partial charge in [0.1, 0.15) is 16.6 Å². The normalized spacial score (nSPS) is 10.2. The molecule has 0 saturated carbocycles. The zero-order chi connectivity index (χ0) is 11.5. The van der Waals surface area contributed by atoms with Crippen LogP contribution in [0.4, 0.5) is 4.39 Å². The van der Waals surface area contributed by atoms with Crippen LogP contribution in [-0.2, 0) is 0 Å². The molecule has 5 heteroatoms. The van der Waals surface area contributed by atoms with Gasteiger partial charge in [-0.1, -0.05) is 11.6 Å². The van der Waals surface area contributed by atoms with Crippen LogP contribution in [0.5, 0.6) is 11.6 Å². The number of hydrogen-bond acceptors (Lipinski definition) is 2. The van der Waals surface area contributed by atoms with Crippen LogP contribution in [0.3, 0.4) is 0 Å². The molecule has 0 bridgehead atoms. The van der Waals surface area contributed by atoms with Gasteiger partial charge in [0.05, 0.1) is 0 Å². The molecule has 82 valence electrons. The van der Waals surface area contributed by atoms with E-state index in [1.807, 2.05) is 0 Å². The molecule has 16 heavy (non-hydrogen) atoms. The lowest BCUT2D eigenvalue weighted by atomic mass is 10.3. The van der Waals surface area contributed by atoms with Gasteiger partial charge in [-0.05, 0) is 46.3 Å². The largest absolute Gasteiger partial charge is 0.438 e. The van der Waals surface area contributed by atoms with Crippen molar-refractivity contribution in [2.45, 2.75) is 0 Å². The van der Waals surface area contributed by atoms with Gasteiger partial charge in [0.25, 0.3) is 0 Å². The van der Waals surface area contributed by atoms with Gasteiger partial charge in [-0.25, -0.2) is 9.37 Å². The van der Waals surface area contributed by atoms with E-state index in [0.29, 0.717) is 10.8 Å². The van der Waals surface area contributed by atoms with Crippen molar-refractivity contribution in [1.29, 1.82) is 0 Å². The van der Waals surface area contributed by atoms with Crippen molar-refractivity contribution in [3.8, 4) is 11.6 Å². The minimum atomic E-state index is -0.317. The van der Waals surface area contributed by atoms with Crippen LogP contribution in [-0.4, -0.2) is 4.98 Å². The molecule has 1 aromatic carbocycles. The average Bonchev–Trinajstić information content (AvgIpc) is 2.25. The highest BCUT2D eigenvalue weighted by molar-refractivity contribution is 9.10. The van der Waals surface area contributed by atoms with Crippen LogP contribution in [0.1, 0.15) is 0 Å². The van der Waals surface area contributed by atoms with Gasteiger partial charge in [-0.15, -0.1) is 0 Å². The highest BCUT2D eigenvalue weighted by Gasteiger charge is 2.05. The molecule has 0 amide bonds. The molecule has 0 aliphatic carbocycles. The molecule has 0 atom stereocenters. The summed E-state index contributed by atoms with van der Waals surface area (Å²) in [4.78, 5) is 4.00. The van der Waals surface area contributed by atoms with Crippen LogP contribution < -0.4 is 4.74 Å². The molecule has 2 aromatic rings. The van der Waals surface area contributed by atoms with Crippen LogP contribution in [0.2, 0.25) is 5.02 Å². The third kappa shape index (κ3) is 2.71. The van der Waals surface area contributed by atoms with E-state index in [2.05, 4.69) is 20.9 Å². The lowest BCUT2D eigenvalue weighted by Gasteiger charge is -2.06. The van der Waals surface area contributed by atoms with Crippen LogP contribution in [0.25, 0.3) is 0 Å². The molecule has 1 heterocycles. The van der Waals surface area contributed by atoms with Crippen LogP contribution in [0.15, 0.2) is 41.0 Å². The van der Waals surface area contributed by atoms with Crippen molar-refractivity contribution in [2.24, 2.45) is 0 Å². The summed E-state index contributed by atoms with van der Waals surface area (Å²) in [5.41, 5.74) is 0. The minimum Gasteiger partial charge on any atom is -0.438 e. The Kier molecular flexibility index (Phi) is 3.41. The number of nitrogens with zero attached hydrogens (tertiary/aromatic N) is 1. The van der Waals surface area contributed by atoms with Crippen LogP contribution in [0, 0.1) is 5.82 Å². The van der Waals surface area contributed by atoms with Gasteiger partial charge in [0.2, 0.25) is 5.88 Å². The maximum atomic E-state index is 12.7. The Morgan fingerprint density at radius 2 is 1.94 bits per heavy atom. The molecule has 0 aliphatic rings. The summed E-state index contributed by atoms with van der Waals surface area (Å²) in [6.45, 7) is 0. The second-order valence-electron chi connectivity index (χ2n) is 3.00. The van der Waals surface area contributed by atoms with Gasteiger partial charge in [0.15, 0.2) is 0 Å². The van der Waals surface area contributed by atoms with Crippen molar-refractivity contribution in [3.05, 3.63) is 51.8 Å². The number of benzene rings is 1. The minimum absolute atomic E-state index is 0.288. The summed E-state index contributed by atoms with van der Waals surface area (Å²) in [5.74, 6) is 0.455. The van der Waals surface area contributed by atoms with E-state index in [9.17, 15) is 4.39 Å². The van der Waals surface area contributed by atoms with E-state index in [4.69, 9.17) is 16.3 Å². The number of pyridine rings is 1. The Balaban J connectivity index is 2.23. The first-order chi connectivity index (χ1) is 7.65. The number of ether oxygens (including phenoxy) is 1. The smallest absolute Gasteiger partial charge is 0.238 e. The van der Waals surface area contributed by atoms with E-state index in [0.717, 1.165) is 4.47 Å². The van der Waals surface area contributed by atoms with E-state index >= 15 is 0 Å². The summed E-state index contributed by atoms with van der Waals surface area (Å²) < 4.78 is 18.8. The second-order valence-corrected chi connectivity index (χ2v) is 4.32. The third-order valence-corrected chi connectivity index (χ3v) is 2.51. The van der Waals surface area contributed by atoms with Crippen molar-refractivity contribution >= 4 is 27.5 Å². The highest BCUT2D eigenvalue weighted by atomic mass is 79.9. The maximum Gasteiger partial charge on any atom is 0.238 e. The fourth-order valence-electron chi connectivity index (χ4n) is 1.09. The Bertz CT molecular complexity index is 504. The van der Waals surface area contributed by atoms with E-state index in [1.54, 1.807) is 12.3 Å². The molecule has 2 rings (SSSR count). The maximum absolute atomic E-state index is 12.7. The predicted octanol–water partition coefficient (Wildman–Crippen LogP) is 4.43. The quantitative estimate of drug-likeness (QED) is 0.819. The van der Waals surface area contributed by atoms with Crippen molar-refractivity contribution in [2.75, 3.05) is 0 Å². The van der Waals surface area contributed by atoms with Crippen molar-refractivity contribution in [1.82, 2.24) is 4.98 Å². The lowest BCUT2D eigenvalue weighted by Crippen LogP contribution is -1.89. The summed E-state index contributed by atoms with van der Waals surface area (Å²) in [7, 11) is 0. The molecule has 1 aromatic heterocycles. The first-order valence-corrected chi connectivity index (χ1v) is 5.57. The van der Waals surface area contributed by atoms with Crippen molar-refractivity contribution in [3.63, 3.8) is 0 Å². The first kappa shape index (κ1) is 11.4. The zero-order valence-electron chi connectivity index (χ0n) is 7.95. The second kappa shape index (κ2) is 4.80. The van der Waals surface area contributed by atoms with Crippen LogP contribution >= 0.6 is 27.5 Å². The molecule has 0 radical (unpaired) electrons. The SMILES string of the molecule is Fc1ccc(Oc2ncc(Br)cc2Cl)cc1. The van der Waals surface area contributed by atoms with Gasteiger partial charge in [-0.3, -0.25) is 0 Å². The molecule has 0 fully saturated rings. The average molecular weight is 303 g/mol.